The average molecular weight is 901 g/mol. The maximum atomic E-state index is 12.8. The van der Waals surface area contributed by atoms with Gasteiger partial charge in [0, 0.05) is 62.2 Å². The molecule has 4 aromatic heterocycles. The maximum absolute atomic E-state index is 12.8. The van der Waals surface area contributed by atoms with Gasteiger partial charge in [-0.25, -0.2) is 19.9 Å². The van der Waals surface area contributed by atoms with E-state index in [-0.39, 0.29) is 5.41 Å². The summed E-state index contributed by atoms with van der Waals surface area (Å²) >= 11 is 2.25. The van der Waals surface area contributed by atoms with Crippen molar-refractivity contribution in [2.45, 2.75) is 83.1 Å². The average Bonchev–Trinajstić information content (AvgIpc) is 4.05. The summed E-state index contributed by atoms with van der Waals surface area (Å²) < 4.78 is 82.5. The lowest BCUT2D eigenvalue weighted by Crippen LogP contribution is -2.44. The van der Waals surface area contributed by atoms with E-state index >= 15 is 0 Å². The van der Waals surface area contributed by atoms with Crippen LogP contribution in [0.5, 0.6) is 0 Å². The highest BCUT2D eigenvalue weighted by atomic mass is 32.1. The predicted octanol–water partition coefficient (Wildman–Crippen LogP) is 9.80. The monoisotopic (exact) mass is 900 g/mol. The van der Waals surface area contributed by atoms with E-state index in [1.165, 1.54) is 50.4 Å². The van der Waals surface area contributed by atoms with E-state index in [1.807, 2.05) is 6.07 Å². The topological polar surface area (TPSA) is 73.8 Å². The smallest absolute Gasteiger partial charge is 0.381 e. The SMILES string of the molecule is FC(F)(F)Cc1cc2c(N3CCC4(CCN(CC5CCOCC5)CC4)C3)ncnc2s1.FC(F)(F)Cc1cc2c(N3CCC4(CCN(Cc5ccccc5)CC4)C3)ncnc2s1. The van der Waals surface area contributed by atoms with E-state index in [4.69, 9.17) is 4.74 Å². The molecule has 62 heavy (non-hydrogen) atoms. The van der Waals surface area contributed by atoms with Crippen molar-refractivity contribution in [1.29, 1.82) is 0 Å². The Balaban J connectivity index is 0.000000158. The molecule has 5 aromatic rings. The number of thiophene rings is 2. The fraction of sp³-hybridized carbons (Fsp3) is 0.600. The molecule has 5 fully saturated rings. The summed E-state index contributed by atoms with van der Waals surface area (Å²) in [6, 6.07) is 13.9. The third-order valence-corrected chi connectivity index (χ3v) is 16.0. The van der Waals surface area contributed by atoms with Crippen LogP contribution < -0.4 is 9.80 Å². The summed E-state index contributed by atoms with van der Waals surface area (Å²) in [6.45, 7) is 12.1. The zero-order valence-electron chi connectivity index (χ0n) is 34.9. The molecule has 9 nitrogen and oxygen atoms in total. The van der Waals surface area contributed by atoms with Crippen molar-refractivity contribution in [2.24, 2.45) is 16.7 Å². The fourth-order valence-corrected chi connectivity index (χ4v) is 12.5. The molecule has 0 atom stereocenters. The zero-order chi connectivity index (χ0) is 43.0. The highest BCUT2D eigenvalue weighted by molar-refractivity contribution is 7.19. The second-order valence-corrected chi connectivity index (χ2v) is 20.5. The van der Waals surface area contributed by atoms with Gasteiger partial charge in [0.1, 0.15) is 34.0 Å². The summed E-state index contributed by atoms with van der Waals surface area (Å²) in [5.41, 5.74) is 1.92. The molecule has 0 aliphatic carbocycles. The van der Waals surface area contributed by atoms with Crippen molar-refractivity contribution in [3.63, 3.8) is 0 Å². The van der Waals surface area contributed by atoms with E-state index in [2.05, 4.69) is 63.8 Å². The van der Waals surface area contributed by atoms with E-state index in [0.29, 0.717) is 24.8 Å². The standard InChI is InChI=1S/C23H25F3N4S.C22H29F3N4OS/c24-23(25,26)13-18-12-19-20(27-16-28-21(19)31-18)30-11-8-22(15-30)6-9-29(10-7-22)14-17-4-2-1-3-5-17;23-22(24,25)12-17-11-18-19(26-15-27-20(18)31-17)29-8-5-21(14-29)3-6-28(7-4-21)13-16-1-9-30-10-2-16/h1-5,12,16H,6-11,13-15H2;11,15-16H,1-10,12-14H2. The second kappa shape index (κ2) is 18.1. The van der Waals surface area contributed by atoms with E-state index in [0.717, 1.165) is 149 Å². The van der Waals surface area contributed by atoms with E-state index in [9.17, 15) is 26.3 Å². The van der Waals surface area contributed by atoms with Gasteiger partial charge in [0.15, 0.2) is 0 Å². The molecule has 0 radical (unpaired) electrons. The molecule has 0 amide bonds. The number of anilines is 2. The van der Waals surface area contributed by atoms with Crippen LogP contribution in [0.25, 0.3) is 20.4 Å². The Labute approximate surface area is 366 Å². The second-order valence-electron chi connectivity index (χ2n) is 18.3. The first-order chi connectivity index (χ1) is 29.8. The predicted molar refractivity (Wildman–Crippen MR) is 233 cm³/mol. The van der Waals surface area contributed by atoms with Gasteiger partial charge in [-0.05, 0) is 112 Å². The Kier molecular flexibility index (Phi) is 12.7. The Morgan fingerprint density at radius 3 is 1.56 bits per heavy atom. The van der Waals surface area contributed by atoms with E-state index < -0.39 is 25.2 Å². The molecule has 5 saturated heterocycles. The van der Waals surface area contributed by atoms with E-state index in [1.54, 1.807) is 12.1 Å². The highest BCUT2D eigenvalue weighted by Crippen LogP contribution is 2.45. The van der Waals surface area contributed by atoms with Crippen LogP contribution in [0.15, 0.2) is 55.1 Å². The van der Waals surface area contributed by atoms with Crippen LogP contribution in [0.4, 0.5) is 38.0 Å². The molecular formula is C45H54F6N8OS2. The van der Waals surface area contributed by atoms with Crippen LogP contribution in [0.2, 0.25) is 0 Å². The van der Waals surface area contributed by atoms with Crippen molar-refractivity contribution in [1.82, 2.24) is 29.7 Å². The highest BCUT2D eigenvalue weighted by Gasteiger charge is 2.43. The van der Waals surface area contributed by atoms with Gasteiger partial charge < -0.3 is 19.4 Å². The van der Waals surface area contributed by atoms with Gasteiger partial charge in [-0.15, -0.1) is 22.7 Å². The van der Waals surface area contributed by atoms with Crippen LogP contribution in [-0.2, 0) is 24.1 Å². The lowest BCUT2D eigenvalue weighted by molar-refractivity contribution is -0.127. The van der Waals surface area contributed by atoms with Crippen molar-refractivity contribution < 1.29 is 31.1 Å². The van der Waals surface area contributed by atoms with Gasteiger partial charge in [-0.1, -0.05) is 30.3 Å². The quantitative estimate of drug-likeness (QED) is 0.142. The number of likely N-dealkylation sites (tertiary alicyclic amines) is 2. The molecule has 5 aliphatic rings. The number of rotatable bonds is 8. The molecule has 17 heteroatoms. The minimum absolute atomic E-state index is 0.273. The molecule has 334 valence electrons. The molecule has 0 bridgehead atoms. The van der Waals surface area contributed by atoms with Crippen molar-refractivity contribution in [3.8, 4) is 0 Å². The molecular weight excluding hydrogens is 847 g/mol. The fourth-order valence-electron chi connectivity index (χ4n) is 10.4. The summed E-state index contributed by atoms with van der Waals surface area (Å²) in [4.78, 5) is 29.0. The summed E-state index contributed by atoms with van der Waals surface area (Å²) in [5, 5.41) is 1.52. The number of alkyl halides is 6. The van der Waals surface area contributed by atoms with Crippen molar-refractivity contribution in [3.05, 3.63) is 70.4 Å². The van der Waals surface area contributed by atoms with Gasteiger partial charge in [0.05, 0.1) is 23.6 Å². The normalized spacial score (nSPS) is 21.4. The molecule has 5 aliphatic heterocycles. The Morgan fingerprint density at radius 2 is 1.08 bits per heavy atom. The third-order valence-electron chi connectivity index (χ3n) is 13.9. The molecule has 1 aromatic carbocycles. The first kappa shape index (κ1) is 43.6. The number of nitrogens with zero attached hydrogens (tertiary/aromatic N) is 8. The number of fused-ring (bicyclic) bond motifs is 2. The molecule has 0 N–H and O–H groups in total. The number of piperidine rings is 2. The number of ether oxygens (including phenoxy) is 1. The van der Waals surface area contributed by atoms with Crippen LogP contribution in [0.1, 0.15) is 66.7 Å². The van der Waals surface area contributed by atoms with Gasteiger partial charge >= 0.3 is 12.4 Å². The number of hydrogen-bond acceptors (Lipinski definition) is 11. The number of halogens is 6. The van der Waals surface area contributed by atoms with Gasteiger partial charge in [0.2, 0.25) is 0 Å². The molecule has 0 unspecified atom stereocenters. The van der Waals surface area contributed by atoms with Crippen LogP contribution >= 0.6 is 22.7 Å². The van der Waals surface area contributed by atoms with Crippen LogP contribution in [0, 0.1) is 16.7 Å². The van der Waals surface area contributed by atoms with Crippen molar-refractivity contribution >= 4 is 54.7 Å². The summed E-state index contributed by atoms with van der Waals surface area (Å²) in [6.07, 6.45) is 2.01. The minimum Gasteiger partial charge on any atom is -0.381 e. The first-order valence-corrected chi connectivity index (χ1v) is 23.6. The van der Waals surface area contributed by atoms with Gasteiger partial charge in [0.25, 0.3) is 0 Å². The minimum atomic E-state index is -4.21. The number of benzene rings is 1. The lowest BCUT2D eigenvalue weighted by Gasteiger charge is -2.41. The Hall–Kier alpha value is -3.64. The van der Waals surface area contributed by atoms with Gasteiger partial charge in [-0.3, -0.25) is 4.90 Å². The number of aromatic nitrogens is 4. The van der Waals surface area contributed by atoms with Crippen molar-refractivity contribution in [2.75, 3.05) is 81.9 Å². The summed E-state index contributed by atoms with van der Waals surface area (Å²) in [5.74, 6) is 2.36. The first-order valence-electron chi connectivity index (χ1n) is 22.0. The molecule has 2 spiro atoms. The molecule has 10 rings (SSSR count). The molecule has 9 heterocycles. The molecule has 0 saturated carbocycles. The summed E-state index contributed by atoms with van der Waals surface area (Å²) in [7, 11) is 0. The zero-order valence-corrected chi connectivity index (χ0v) is 36.5. The number of hydrogen-bond donors (Lipinski definition) is 0. The van der Waals surface area contributed by atoms with Gasteiger partial charge in [-0.2, -0.15) is 26.3 Å². The lowest BCUT2D eigenvalue weighted by atomic mass is 9.77. The Morgan fingerprint density at radius 1 is 0.613 bits per heavy atom. The maximum Gasteiger partial charge on any atom is 0.393 e. The largest absolute Gasteiger partial charge is 0.393 e. The van der Waals surface area contributed by atoms with Crippen LogP contribution in [0.3, 0.4) is 0 Å². The Bertz CT molecular complexity index is 2260. The van der Waals surface area contributed by atoms with Crippen LogP contribution in [-0.4, -0.2) is 114 Å². The third kappa shape index (κ3) is 10.5.